The van der Waals surface area contributed by atoms with Crippen LogP contribution in [0.2, 0.25) is 5.02 Å². The molecule has 1 unspecified atom stereocenters. The third kappa shape index (κ3) is 13.7. The Hall–Kier alpha value is -4.69. The number of carbonyl (C=O) groups excluding carboxylic acids is 2. The van der Waals surface area contributed by atoms with Crippen LogP contribution in [0.3, 0.4) is 0 Å². The molecule has 0 aliphatic carbocycles. The van der Waals surface area contributed by atoms with Crippen LogP contribution in [-0.2, 0) is 27.8 Å². The average molecular weight is 897 g/mol. The number of hydrogen-bond acceptors (Lipinski definition) is 10. The zero-order valence-electron chi connectivity index (χ0n) is 35.4. The van der Waals surface area contributed by atoms with E-state index in [-0.39, 0.29) is 35.8 Å². The van der Waals surface area contributed by atoms with Crippen LogP contribution in [0.5, 0.6) is 0 Å². The Balaban J connectivity index is 1.08. The van der Waals surface area contributed by atoms with E-state index in [0.29, 0.717) is 48.0 Å². The van der Waals surface area contributed by atoms with Crippen LogP contribution in [0.1, 0.15) is 67.4 Å². The quantitative estimate of drug-likeness (QED) is 0.0245. The van der Waals surface area contributed by atoms with E-state index in [0.717, 1.165) is 46.7 Å². The number of nitrogens with one attached hydrogen (secondary N) is 4. The Morgan fingerprint density at radius 1 is 0.871 bits per heavy atom. The Morgan fingerprint density at radius 3 is 2.31 bits per heavy atom. The number of sulfonamides is 1. The lowest BCUT2D eigenvalue weighted by Crippen LogP contribution is -2.37. The number of nitrogens with zero attached hydrogens (tertiary/aromatic N) is 1. The lowest BCUT2D eigenvalue weighted by atomic mass is 10.00. The van der Waals surface area contributed by atoms with Gasteiger partial charge in [-0.25, -0.2) is 13.1 Å². The van der Waals surface area contributed by atoms with E-state index in [1.165, 1.54) is 30.5 Å². The molecule has 13 heteroatoms. The molecule has 0 saturated carbocycles. The van der Waals surface area contributed by atoms with Gasteiger partial charge < -0.3 is 25.9 Å². The van der Waals surface area contributed by atoms with Gasteiger partial charge in [-0.05, 0) is 129 Å². The molecule has 328 valence electrons. The molecule has 1 heterocycles. The number of benzene rings is 5. The van der Waals surface area contributed by atoms with Gasteiger partial charge in [0, 0.05) is 89.8 Å². The van der Waals surface area contributed by atoms with E-state index >= 15 is 0 Å². The maximum atomic E-state index is 13.7. The largest absolute Gasteiger partial charge is 0.393 e. The molecule has 62 heavy (non-hydrogen) atoms. The summed E-state index contributed by atoms with van der Waals surface area (Å²) in [7, 11) is -4.29. The van der Waals surface area contributed by atoms with Crippen molar-refractivity contribution >= 4 is 57.0 Å². The highest BCUT2D eigenvalue weighted by molar-refractivity contribution is 7.99. The summed E-state index contributed by atoms with van der Waals surface area (Å²) in [5.74, 6) is 0.0197. The molecule has 0 bridgehead atoms. The SMILES string of the molecule is C[C@H]1CC[C@H](C)N1CC[C@H](CSc1ccccc1)Nc1ccc(S(=O)(=O)NC(=O)c2ccc(NCCNCc3ccccc3-c3ccc(Cl)cc3)cc2)cc1CC(O)CCC=O. The van der Waals surface area contributed by atoms with E-state index in [2.05, 4.69) is 63.7 Å². The Labute approximate surface area is 376 Å². The highest BCUT2D eigenvalue weighted by atomic mass is 35.5. The number of rotatable bonds is 23. The predicted octanol–water partition coefficient (Wildman–Crippen LogP) is 9.05. The van der Waals surface area contributed by atoms with Gasteiger partial charge >= 0.3 is 0 Å². The molecule has 4 atom stereocenters. The van der Waals surface area contributed by atoms with E-state index < -0.39 is 22.0 Å². The summed E-state index contributed by atoms with van der Waals surface area (Å²) in [6, 6.07) is 38.7. The van der Waals surface area contributed by atoms with Crippen molar-refractivity contribution < 1.29 is 23.1 Å². The molecule has 1 aliphatic heterocycles. The van der Waals surface area contributed by atoms with Crippen LogP contribution < -0.4 is 20.7 Å². The summed E-state index contributed by atoms with van der Waals surface area (Å²) >= 11 is 7.85. The van der Waals surface area contributed by atoms with Crippen molar-refractivity contribution in [3.05, 3.63) is 143 Å². The zero-order chi connectivity index (χ0) is 43.9. The normalized spacial score (nSPS) is 16.4. The van der Waals surface area contributed by atoms with Crippen LogP contribution in [0.4, 0.5) is 11.4 Å². The van der Waals surface area contributed by atoms with Crippen LogP contribution in [0.15, 0.2) is 131 Å². The summed E-state index contributed by atoms with van der Waals surface area (Å²) in [5.41, 5.74) is 5.70. The van der Waals surface area contributed by atoms with Crippen molar-refractivity contribution in [3.8, 4) is 11.1 Å². The third-order valence-corrected chi connectivity index (χ3v) is 14.1. The molecule has 0 aromatic heterocycles. The summed E-state index contributed by atoms with van der Waals surface area (Å²) < 4.78 is 29.7. The van der Waals surface area contributed by atoms with Crippen LogP contribution >= 0.6 is 23.4 Å². The van der Waals surface area contributed by atoms with E-state index in [4.69, 9.17) is 11.6 Å². The number of anilines is 2. The molecule has 0 spiro atoms. The molecule has 5 N–H and O–H groups in total. The Kier molecular flexibility index (Phi) is 17.5. The number of aldehydes is 1. The van der Waals surface area contributed by atoms with Crippen molar-refractivity contribution in [2.45, 2.75) is 92.9 Å². The topological polar surface area (TPSA) is 140 Å². The van der Waals surface area contributed by atoms with Gasteiger partial charge in [-0.2, -0.15) is 0 Å². The number of aliphatic hydroxyl groups excluding tert-OH is 1. The van der Waals surface area contributed by atoms with Gasteiger partial charge in [0.1, 0.15) is 6.29 Å². The smallest absolute Gasteiger partial charge is 0.264 e. The van der Waals surface area contributed by atoms with Crippen LogP contribution in [-0.4, -0.2) is 80.2 Å². The molecule has 10 nitrogen and oxygen atoms in total. The first-order valence-corrected chi connectivity index (χ1v) is 24.2. The van der Waals surface area contributed by atoms with Gasteiger partial charge in [0.25, 0.3) is 15.9 Å². The van der Waals surface area contributed by atoms with E-state index in [1.54, 1.807) is 42.1 Å². The summed E-state index contributed by atoms with van der Waals surface area (Å²) in [4.78, 5) is 28.1. The van der Waals surface area contributed by atoms with Crippen molar-refractivity contribution in [1.82, 2.24) is 14.9 Å². The maximum absolute atomic E-state index is 13.7. The molecule has 1 fully saturated rings. The fourth-order valence-electron chi connectivity index (χ4n) is 7.87. The molecule has 5 aromatic carbocycles. The van der Waals surface area contributed by atoms with Crippen LogP contribution in [0, 0.1) is 0 Å². The molecule has 1 amide bonds. The Bertz CT molecular complexity index is 2310. The van der Waals surface area contributed by atoms with Crippen molar-refractivity contribution in [3.63, 3.8) is 0 Å². The highest BCUT2D eigenvalue weighted by Gasteiger charge is 2.28. The first-order valence-electron chi connectivity index (χ1n) is 21.4. The maximum Gasteiger partial charge on any atom is 0.264 e. The fourth-order valence-corrected chi connectivity index (χ4v) is 10.0. The Morgan fingerprint density at radius 2 is 1.58 bits per heavy atom. The number of thioether (sulfide) groups is 1. The average Bonchev–Trinajstić information content (AvgIpc) is 3.60. The monoisotopic (exact) mass is 895 g/mol. The molecule has 1 saturated heterocycles. The summed E-state index contributed by atoms with van der Waals surface area (Å²) in [6.07, 6.45) is 3.69. The van der Waals surface area contributed by atoms with E-state index in [1.807, 2.05) is 54.6 Å². The molecular formula is C49H58ClN5O5S2. The second-order valence-electron chi connectivity index (χ2n) is 16.0. The molecule has 0 radical (unpaired) electrons. The number of carbonyl (C=O) groups is 2. The first kappa shape index (κ1) is 46.8. The second kappa shape index (κ2) is 23.1. The summed E-state index contributed by atoms with van der Waals surface area (Å²) in [6.45, 7) is 7.47. The minimum atomic E-state index is -4.29. The lowest BCUT2D eigenvalue weighted by molar-refractivity contribution is -0.108. The highest BCUT2D eigenvalue weighted by Crippen LogP contribution is 2.29. The van der Waals surface area contributed by atoms with Crippen molar-refractivity contribution in [2.75, 3.05) is 36.0 Å². The first-order chi connectivity index (χ1) is 30.0. The zero-order valence-corrected chi connectivity index (χ0v) is 37.8. The fraction of sp³-hybridized carbons (Fsp3) is 0.347. The minimum Gasteiger partial charge on any atom is -0.393 e. The van der Waals surface area contributed by atoms with Crippen molar-refractivity contribution in [1.29, 1.82) is 0 Å². The van der Waals surface area contributed by atoms with E-state index in [9.17, 15) is 23.1 Å². The molecule has 5 aromatic rings. The minimum absolute atomic E-state index is 0.0326. The molecule has 1 aliphatic rings. The second-order valence-corrected chi connectivity index (χ2v) is 19.2. The lowest BCUT2D eigenvalue weighted by Gasteiger charge is -2.29. The van der Waals surface area contributed by atoms with Gasteiger partial charge in [-0.3, -0.25) is 9.69 Å². The summed E-state index contributed by atoms with van der Waals surface area (Å²) in [5, 5.41) is 22.1. The third-order valence-electron chi connectivity index (χ3n) is 11.4. The van der Waals surface area contributed by atoms with Gasteiger partial charge in [-0.15, -0.1) is 11.8 Å². The van der Waals surface area contributed by atoms with Crippen LogP contribution in [0.25, 0.3) is 11.1 Å². The molecular weight excluding hydrogens is 838 g/mol. The van der Waals surface area contributed by atoms with Crippen molar-refractivity contribution in [2.24, 2.45) is 0 Å². The van der Waals surface area contributed by atoms with Gasteiger partial charge in [-0.1, -0.05) is 66.2 Å². The number of halogens is 1. The number of hydrogen-bond donors (Lipinski definition) is 5. The van der Waals surface area contributed by atoms with Gasteiger partial charge in [0.05, 0.1) is 11.0 Å². The number of likely N-dealkylation sites (tertiary alicyclic amines) is 1. The predicted molar refractivity (Wildman–Crippen MR) is 254 cm³/mol. The molecule has 6 rings (SSSR count). The van der Waals surface area contributed by atoms with Gasteiger partial charge in [0.15, 0.2) is 0 Å². The number of aliphatic hydroxyl groups is 1. The standard InChI is InChI=1S/C49H58ClN5O5S2/c1-35-14-15-36(2)55(35)29-26-43(34-61-45-11-4-3-5-12-45)53-48-25-24-46(32-40(48)31-44(57)10-8-30-56)62(59,60)54-49(58)38-18-22-42(23-19-38)52-28-27-51-33-39-9-6-7-13-47(39)37-16-20-41(50)21-17-37/h3-7,9,11-13,16-25,30,32,35-36,43-44,51-53,57H,8,10,14-15,26-29,31,33-34H2,1-2H3,(H,54,58)/t35-,36-,43+,44?/m0/s1. The van der Waals surface area contributed by atoms with Gasteiger partial charge in [0.2, 0.25) is 0 Å². The number of amides is 1.